The molecule has 0 spiro atoms. The first-order valence-electron chi connectivity index (χ1n) is 9.28. The molecule has 1 amide bonds. The molecule has 1 aliphatic heterocycles. The van der Waals surface area contributed by atoms with E-state index in [9.17, 15) is 13.6 Å². The fourth-order valence-electron chi connectivity index (χ4n) is 2.73. The van der Waals surface area contributed by atoms with Crippen LogP contribution in [0.2, 0.25) is 0 Å². The van der Waals surface area contributed by atoms with E-state index in [1.807, 2.05) is 13.8 Å². The molecule has 152 valence electrons. The Morgan fingerprint density at radius 1 is 1.21 bits per heavy atom. The number of carbonyl (C=O) groups is 1. The second-order valence-corrected chi connectivity index (χ2v) is 7.35. The quantitative estimate of drug-likeness (QED) is 0.775. The van der Waals surface area contributed by atoms with Crippen molar-refractivity contribution in [3.05, 3.63) is 59.7 Å². The van der Waals surface area contributed by atoms with Crippen LogP contribution in [0, 0.1) is 11.6 Å². The van der Waals surface area contributed by atoms with Crippen molar-refractivity contribution in [2.45, 2.75) is 37.0 Å². The zero-order valence-corrected chi connectivity index (χ0v) is 16.8. The second-order valence-electron chi connectivity index (χ2n) is 6.01. The minimum Gasteiger partial charge on any atom is -0.484 e. The van der Waals surface area contributed by atoms with Gasteiger partial charge in [0.05, 0.1) is 6.61 Å². The van der Waals surface area contributed by atoms with Gasteiger partial charge in [-0.25, -0.2) is 8.78 Å². The van der Waals surface area contributed by atoms with Crippen LogP contribution in [0.3, 0.4) is 0 Å². The lowest BCUT2D eigenvalue weighted by Crippen LogP contribution is -2.33. The fourth-order valence-corrected chi connectivity index (χ4v) is 3.93. The van der Waals surface area contributed by atoms with Crippen LogP contribution in [0.4, 0.5) is 8.78 Å². The molecular formula is C21H25F2NO3S. The van der Waals surface area contributed by atoms with E-state index < -0.39 is 11.6 Å². The number of ether oxygens (including phenoxy) is 1. The van der Waals surface area contributed by atoms with Gasteiger partial charge in [0.2, 0.25) is 0 Å². The summed E-state index contributed by atoms with van der Waals surface area (Å²) in [6.45, 7) is 4.93. The number of halogens is 2. The van der Waals surface area contributed by atoms with E-state index in [4.69, 9.17) is 9.84 Å². The first-order chi connectivity index (χ1) is 13.6. The highest BCUT2D eigenvalue weighted by Gasteiger charge is 2.28. The summed E-state index contributed by atoms with van der Waals surface area (Å²) in [4.78, 5) is 14.2. The summed E-state index contributed by atoms with van der Waals surface area (Å²) in [6.07, 6.45) is 0.720. The first-order valence-corrected chi connectivity index (χ1v) is 10.2. The van der Waals surface area contributed by atoms with Crippen molar-refractivity contribution < 1.29 is 23.4 Å². The van der Waals surface area contributed by atoms with E-state index in [1.165, 1.54) is 17.8 Å². The van der Waals surface area contributed by atoms with Crippen molar-refractivity contribution in [2.24, 2.45) is 0 Å². The number of amides is 1. The Labute approximate surface area is 168 Å². The van der Waals surface area contributed by atoms with Gasteiger partial charge >= 0.3 is 0 Å². The summed E-state index contributed by atoms with van der Waals surface area (Å²) in [5.41, 5.74) is 0.771. The smallest absolute Gasteiger partial charge is 0.260 e. The Balaban J connectivity index is 0.00000136. The number of hydrogen-bond donors (Lipinski definition) is 1. The monoisotopic (exact) mass is 409 g/mol. The van der Waals surface area contributed by atoms with Gasteiger partial charge in [-0.3, -0.25) is 4.79 Å². The van der Waals surface area contributed by atoms with E-state index in [0.717, 1.165) is 18.1 Å². The molecule has 1 heterocycles. The Hall–Kier alpha value is -2.12. The van der Waals surface area contributed by atoms with E-state index in [-0.39, 0.29) is 29.3 Å². The zero-order valence-electron chi connectivity index (χ0n) is 16.0. The SMILES string of the molecule is CC.O=C(COc1ccc(CO)cc1)N1CCC(Sc2cccc(F)c2F)C1. The van der Waals surface area contributed by atoms with E-state index >= 15 is 0 Å². The number of aliphatic hydroxyl groups is 1. The van der Waals surface area contributed by atoms with Crippen LogP contribution in [0.25, 0.3) is 0 Å². The highest BCUT2D eigenvalue weighted by Crippen LogP contribution is 2.32. The minimum atomic E-state index is -0.860. The molecule has 4 nitrogen and oxygen atoms in total. The maximum Gasteiger partial charge on any atom is 0.260 e. The highest BCUT2D eigenvalue weighted by molar-refractivity contribution is 8.00. The molecule has 0 radical (unpaired) electrons. The molecule has 1 unspecified atom stereocenters. The Morgan fingerprint density at radius 3 is 2.61 bits per heavy atom. The van der Waals surface area contributed by atoms with Crippen LogP contribution in [0.1, 0.15) is 25.8 Å². The number of likely N-dealkylation sites (tertiary alicyclic amines) is 1. The lowest BCUT2D eigenvalue weighted by molar-refractivity contribution is -0.132. The number of thioether (sulfide) groups is 1. The van der Waals surface area contributed by atoms with E-state index in [0.29, 0.717) is 18.8 Å². The molecule has 1 N–H and O–H groups in total. The highest BCUT2D eigenvalue weighted by atomic mass is 32.2. The van der Waals surface area contributed by atoms with Crippen molar-refractivity contribution in [1.82, 2.24) is 4.90 Å². The van der Waals surface area contributed by atoms with Crippen LogP contribution < -0.4 is 4.74 Å². The van der Waals surface area contributed by atoms with Gasteiger partial charge in [0.1, 0.15) is 5.75 Å². The van der Waals surface area contributed by atoms with Crippen LogP contribution >= 0.6 is 11.8 Å². The molecular weight excluding hydrogens is 384 g/mol. The third-order valence-corrected chi connectivity index (χ3v) is 5.46. The summed E-state index contributed by atoms with van der Waals surface area (Å²) < 4.78 is 32.5. The molecule has 7 heteroatoms. The normalized spacial score (nSPS) is 15.8. The average molecular weight is 409 g/mol. The van der Waals surface area contributed by atoms with Gasteiger partial charge in [0.15, 0.2) is 18.2 Å². The number of rotatable bonds is 6. The molecule has 1 fully saturated rings. The van der Waals surface area contributed by atoms with Crippen LogP contribution in [-0.2, 0) is 11.4 Å². The lowest BCUT2D eigenvalue weighted by Gasteiger charge is -2.17. The predicted molar refractivity (Wildman–Crippen MR) is 106 cm³/mol. The standard InChI is InChI=1S/C19H19F2NO3S.C2H6/c20-16-2-1-3-17(19(16)21)26-15-8-9-22(10-15)18(24)12-25-14-6-4-13(11-23)5-7-14;1-2/h1-7,15,23H,8-12H2;1-2H3. The lowest BCUT2D eigenvalue weighted by atomic mass is 10.2. The maximum absolute atomic E-state index is 13.8. The summed E-state index contributed by atoms with van der Waals surface area (Å²) >= 11 is 1.26. The van der Waals surface area contributed by atoms with Crippen molar-refractivity contribution in [2.75, 3.05) is 19.7 Å². The number of carbonyl (C=O) groups excluding carboxylic acids is 1. The van der Waals surface area contributed by atoms with Gasteiger partial charge in [-0.1, -0.05) is 32.0 Å². The summed E-state index contributed by atoms with van der Waals surface area (Å²) in [7, 11) is 0. The number of aliphatic hydroxyl groups excluding tert-OH is 1. The van der Waals surface area contributed by atoms with Crippen molar-refractivity contribution in [1.29, 1.82) is 0 Å². The third kappa shape index (κ3) is 5.94. The predicted octanol–water partition coefficient (Wildman–Crippen LogP) is 4.26. The molecule has 3 rings (SSSR count). The topological polar surface area (TPSA) is 49.8 Å². The molecule has 2 aromatic carbocycles. The van der Waals surface area contributed by atoms with Gasteiger partial charge in [-0.15, -0.1) is 11.8 Å². The van der Waals surface area contributed by atoms with Gasteiger partial charge < -0.3 is 14.7 Å². The van der Waals surface area contributed by atoms with Crippen LogP contribution in [0.5, 0.6) is 5.75 Å². The first kappa shape index (κ1) is 22.2. The molecule has 1 aliphatic rings. The van der Waals surface area contributed by atoms with Crippen LogP contribution in [-0.4, -0.2) is 40.9 Å². The zero-order chi connectivity index (χ0) is 20.5. The Morgan fingerprint density at radius 2 is 1.93 bits per heavy atom. The molecule has 0 saturated carbocycles. The van der Waals surface area contributed by atoms with Crippen LogP contribution in [0.15, 0.2) is 47.4 Å². The molecule has 0 aliphatic carbocycles. The summed E-state index contributed by atoms with van der Waals surface area (Å²) in [5, 5.41) is 9.03. The maximum atomic E-state index is 13.8. The second kappa shape index (κ2) is 11.0. The van der Waals surface area contributed by atoms with Crippen molar-refractivity contribution >= 4 is 17.7 Å². The fraction of sp³-hybridized carbons (Fsp3) is 0.381. The van der Waals surface area contributed by atoms with E-state index in [2.05, 4.69) is 0 Å². The summed E-state index contributed by atoms with van der Waals surface area (Å²) in [6, 6.07) is 11.0. The van der Waals surface area contributed by atoms with Crippen molar-refractivity contribution in [3.8, 4) is 5.75 Å². The van der Waals surface area contributed by atoms with Gasteiger partial charge in [0.25, 0.3) is 5.91 Å². The molecule has 0 aromatic heterocycles. The Kier molecular flexibility index (Phi) is 8.73. The minimum absolute atomic E-state index is 0.0269. The van der Waals surface area contributed by atoms with Crippen molar-refractivity contribution in [3.63, 3.8) is 0 Å². The number of nitrogens with zero attached hydrogens (tertiary/aromatic N) is 1. The number of benzene rings is 2. The molecule has 1 atom stereocenters. The molecule has 28 heavy (non-hydrogen) atoms. The molecule has 0 bridgehead atoms. The largest absolute Gasteiger partial charge is 0.484 e. The number of hydrogen-bond acceptors (Lipinski definition) is 4. The van der Waals surface area contributed by atoms with E-state index in [1.54, 1.807) is 35.2 Å². The van der Waals surface area contributed by atoms with Gasteiger partial charge in [-0.2, -0.15) is 0 Å². The summed E-state index contributed by atoms with van der Waals surface area (Å²) in [5.74, 6) is -1.28. The third-order valence-electron chi connectivity index (χ3n) is 4.18. The molecule has 1 saturated heterocycles. The average Bonchev–Trinajstić information content (AvgIpc) is 3.20. The van der Waals surface area contributed by atoms with Gasteiger partial charge in [-0.05, 0) is 36.2 Å². The van der Waals surface area contributed by atoms with Gasteiger partial charge in [0, 0.05) is 23.2 Å². The Bertz CT molecular complexity index is 771. The molecule has 2 aromatic rings.